The molecule has 1 aliphatic heterocycles. The number of carbonyl (C=O) groups excluding carboxylic acids is 1. The normalized spacial score (nSPS) is 21.6. The molecule has 2 rings (SSSR count). The van der Waals surface area contributed by atoms with Crippen LogP contribution in [0.15, 0.2) is 30.3 Å². The number of carbonyl (C=O) groups is 1. The molecule has 1 aromatic carbocycles. The van der Waals surface area contributed by atoms with E-state index < -0.39 is 0 Å². The van der Waals surface area contributed by atoms with Crippen LogP contribution in [0, 0.1) is 0 Å². The van der Waals surface area contributed by atoms with Crippen LogP contribution in [0.1, 0.15) is 27.2 Å². The lowest BCUT2D eigenvalue weighted by atomic mass is 10.0. The topological polar surface area (TPSA) is 38.8 Å². The molecule has 0 N–H and O–H groups in total. The number of rotatable bonds is 4. The van der Waals surface area contributed by atoms with Gasteiger partial charge in [0.2, 0.25) is 5.91 Å². The van der Waals surface area contributed by atoms with E-state index in [0.717, 1.165) is 5.75 Å². The fourth-order valence-corrected chi connectivity index (χ4v) is 2.33. The second-order valence-electron chi connectivity index (χ2n) is 5.85. The van der Waals surface area contributed by atoms with Crippen LogP contribution in [0.4, 0.5) is 0 Å². The molecule has 0 saturated carbocycles. The average molecular weight is 277 g/mol. The molecule has 1 aromatic rings. The Morgan fingerprint density at radius 3 is 2.80 bits per heavy atom. The largest absolute Gasteiger partial charge is 0.493 e. The Labute approximate surface area is 120 Å². The van der Waals surface area contributed by atoms with E-state index >= 15 is 0 Å². The van der Waals surface area contributed by atoms with E-state index in [1.807, 2.05) is 56.0 Å². The minimum Gasteiger partial charge on any atom is -0.493 e. The lowest BCUT2D eigenvalue weighted by Crippen LogP contribution is -2.57. The molecule has 1 atom stereocenters. The molecule has 4 heteroatoms. The van der Waals surface area contributed by atoms with Crippen LogP contribution in [-0.2, 0) is 9.53 Å². The van der Waals surface area contributed by atoms with Crippen molar-refractivity contribution in [3.63, 3.8) is 0 Å². The summed E-state index contributed by atoms with van der Waals surface area (Å²) in [6, 6.07) is 9.57. The van der Waals surface area contributed by atoms with Crippen molar-refractivity contribution >= 4 is 5.91 Å². The number of morpholine rings is 1. The van der Waals surface area contributed by atoms with Gasteiger partial charge in [-0.05, 0) is 32.9 Å². The van der Waals surface area contributed by atoms with Gasteiger partial charge in [-0.15, -0.1) is 0 Å². The standard InChI is InChI=1S/C16H23NO3/c1-13-11-17(16(2,3)12-20-13)15(18)9-10-19-14-7-5-4-6-8-14/h4-8,13H,9-12H2,1-3H3. The fraction of sp³-hybridized carbons (Fsp3) is 0.562. The van der Waals surface area contributed by atoms with Crippen LogP contribution in [0.5, 0.6) is 5.75 Å². The van der Waals surface area contributed by atoms with Crippen LogP contribution in [0.25, 0.3) is 0 Å². The highest BCUT2D eigenvalue weighted by Gasteiger charge is 2.36. The van der Waals surface area contributed by atoms with Crippen molar-refractivity contribution < 1.29 is 14.3 Å². The lowest BCUT2D eigenvalue weighted by molar-refractivity contribution is -0.153. The summed E-state index contributed by atoms with van der Waals surface area (Å²) < 4.78 is 11.2. The SMILES string of the molecule is CC1CN(C(=O)CCOc2ccccc2)C(C)(C)CO1. The highest BCUT2D eigenvalue weighted by atomic mass is 16.5. The summed E-state index contributed by atoms with van der Waals surface area (Å²) in [6.45, 7) is 7.71. The summed E-state index contributed by atoms with van der Waals surface area (Å²) in [4.78, 5) is 14.3. The molecule has 0 bridgehead atoms. The Hall–Kier alpha value is -1.55. The van der Waals surface area contributed by atoms with Gasteiger partial charge >= 0.3 is 0 Å². The number of benzene rings is 1. The highest BCUT2D eigenvalue weighted by molar-refractivity contribution is 5.77. The van der Waals surface area contributed by atoms with Gasteiger partial charge in [0.05, 0.1) is 31.3 Å². The van der Waals surface area contributed by atoms with Crippen LogP contribution in [-0.4, -0.2) is 42.2 Å². The number of hydrogen-bond acceptors (Lipinski definition) is 3. The molecule has 1 saturated heterocycles. The highest BCUT2D eigenvalue weighted by Crippen LogP contribution is 2.22. The smallest absolute Gasteiger partial charge is 0.226 e. The van der Waals surface area contributed by atoms with Crippen LogP contribution < -0.4 is 4.74 Å². The van der Waals surface area contributed by atoms with Crippen molar-refractivity contribution in [2.45, 2.75) is 38.8 Å². The lowest BCUT2D eigenvalue weighted by Gasteiger charge is -2.44. The zero-order chi connectivity index (χ0) is 14.6. The molecule has 4 nitrogen and oxygen atoms in total. The summed E-state index contributed by atoms with van der Waals surface area (Å²) in [5.74, 6) is 0.927. The quantitative estimate of drug-likeness (QED) is 0.848. The molecule has 0 aromatic heterocycles. The third kappa shape index (κ3) is 3.73. The van der Waals surface area contributed by atoms with E-state index in [-0.39, 0.29) is 17.6 Å². The molecule has 1 aliphatic rings. The Morgan fingerprint density at radius 2 is 2.10 bits per heavy atom. The number of para-hydroxylation sites is 1. The predicted molar refractivity (Wildman–Crippen MR) is 77.8 cm³/mol. The van der Waals surface area contributed by atoms with E-state index in [9.17, 15) is 4.79 Å². The molecule has 0 radical (unpaired) electrons. The second-order valence-corrected chi connectivity index (χ2v) is 5.85. The van der Waals surface area contributed by atoms with E-state index in [4.69, 9.17) is 9.47 Å². The predicted octanol–water partition coefficient (Wildman–Crippen LogP) is 2.48. The number of amides is 1. The van der Waals surface area contributed by atoms with E-state index in [2.05, 4.69) is 0 Å². The van der Waals surface area contributed by atoms with Gasteiger partial charge in [0, 0.05) is 6.54 Å². The van der Waals surface area contributed by atoms with Crippen molar-refractivity contribution in [1.29, 1.82) is 0 Å². The van der Waals surface area contributed by atoms with Gasteiger partial charge in [0.25, 0.3) is 0 Å². The fourth-order valence-electron chi connectivity index (χ4n) is 2.33. The van der Waals surface area contributed by atoms with Gasteiger partial charge in [-0.3, -0.25) is 4.79 Å². The molecule has 1 unspecified atom stereocenters. The first kappa shape index (κ1) is 14.9. The summed E-state index contributed by atoms with van der Waals surface area (Å²) in [7, 11) is 0. The molecule has 20 heavy (non-hydrogen) atoms. The molecule has 1 fully saturated rings. The molecule has 1 amide bonds. The van der Waals surface area contributed by atoms with Gasteiger partial charge in [-0.25, -0.2) is 0 Å². The summed E-state index contributed by atoms with van der Waals surface area (Å²) in [6.07, 6.45) is 0.493. The third-order valence-corrected chi connectivity index (χ3v) is 3.52. The molecule has 0 aliphatic carbocycles. The monoisotopic (exact) mass is 277 g/mol. The zero-order valence-electron chi connectivity index (χ0n) is 12.5. The first-order valence-electron chi connectivity index (χ1n) is 7.09. The Morgan fingerprint density at radius 1 is 1.40 bits per heavy atom. The van der Waals surface area contributed by atoms with Gasteiger partial charge in [0.1, 0.15) is 5.75 Å². The second kappa shape index (κ2) is 6.27. The maximum Gasteiger partial charge on any atom is 0.226 e. The summed E-state index contributed by atoms with van der Waals surface area (Å²) in [5.41, 5.74) is -0.240. The molecular weight excluding hydrogens is 254 g/mol. The van der Waals surface area contributed by atoms with Crippen molar-refractivity contribution in [3.05, 3.63) is 30.3 Å². The van der Waals surface area contributed by atoms with Crippen LogP contribution >= 0.6 is 0 Å². The minimum atomic E-state index is -0.240. The van der Waals surface area contributed by atoms with Gasteiger partial charge < -0.3 is 14.4 Å². The summed E-state index contributed by atoms with van der Waals surface area (Å²) >= 11 is 0. The Kier molecular flexibility index (Phi) is 4.65. The maximum atomic E-state index is 12.3. The average Bonchev–Trinajstić information content (AvgIpc) is 2.42. The number of nitrogens with zero attached hydrogens (tertiary/aromatic N) is 1. The Balaban J connectivity index is 1.84. The zero-order valence-corrected chi connectivity index (χ0v) is 12.5. The molecular formula is C16H23NO3. The van der Waals surface area contributed by atoms with Gasteiger partial charge in [-0.2, -0.15) is 0 Å². The van der Waals surface area contributed by atoms with Crippen molar-refractivity contribution in [1.82, 2.24) is 4.90 Å². The van der Waals surface area contributed by atoms with Crippen LogP contribution in [0.2, 0.25) is 0 Å². The maximum absolute atomic E-state index is 12.3. The van der Waals surface area contributed by atoms with Gasteiger partial charge in [-0.1, -0.05) is 18.2 Å². The molecule has 1 heterocycles. The van der Waals surface area contributed by atoms with Crippen molar-refractivity contribution in [2.75, 3.05) is 19.8 Å². The Bertz CT molecular complexity index is 444. The van der Waals surface area contributed by atoms with E-state index in [1.54, 1.807) is 0 Å². The third-order valence-electron chi connectivity index (χ3n) is 3.52. The molecule has 0 spiro atoms. The number of hydrogen-bond donors (Lipinski definition) is 0. The summed E-state index contributed by atoms with van der Waals surface area (Å²) in [5, 5.41) is 0. The first-order valence-corrected chi connectivity index (χ1v) is 7.09. The van der Waals surface area contributed by atoms with Crippen molar-refractivity contribution in [2.24, 2.45) is 0 Å². The van der Waals surface area contributed by atoms with E-state index in [1.165, 1.54) is 0 Å². The molecule has 110 valence electrons. The van der Waals surface area contributed by atoms with Gasteiger partial charge in [0.15, 0.2) is 0 Å². The first-order chi connectivity index (χ1) is 9.49. The minimum absolute atomic E-state index is 0.0991. The van der Waals surface area contributed by atoms with Crippen molar-refractivity contribution in [3.8, 4) is 5.75 Å². The number of ether oxygens (including phenoxy) is 2. The van der Waals surface area contributed by atoms with Crippen LogP contribution in [0.3, 0.4) is 0 Å². The van der Waals surface area contributed by atoms with E-state index in [0.29, 0.717) is 26.2 Å².